The molecule has 5 rings (SSSR count). The lowest BCUT2D eigenvalue weighted by Crippen LogP contribution is -2.57. The van der Waals surface area contributed by atoms with Crippen molar-refractivity contribution in [3.8, 4) is 0 Å². The third-order valence-electron chi connectivity index (χ3n) is 6.14. The van der Waals surface area contributed by atoms with E-state index in [-0.39, 0.29) is 19.1 Å². The van der Waals surface area contributed by atoms with E-state index < -0.39 is 6.09 Å². The van der Waals surface area contributed by atoms with Crippen LogP contribution in [0.15, 0.2) is 70.9 Å². The highest BCUT2D eigenvalue weighted by Gasteiger charge is 2.41. The SMILES string of the molecule is O=C(OCc1ccccc1)N1CCC2=C(C1)C(=O)N(Cc1ccc(Cl)cc1)C1=NCCCN12. The predicted molar refractivity (Wildman–Crippen MR) is 125 cm³/mol. The van der Waals surface area contributed by atoms with E-state index in [1.54, 1.807) is 9.80 Å². The van der Waals surface area contributed by atoms with Gasteiger partial charge >= 0.3 is 6.09 Å². The van der Waals surface area contributed by atoms with Gasteiger partial charge < -0.3 is 14.5 Å². The van der Waals surface area contributed by atoms with Crippen molar-refractivity contribution in [1.29, 1.82) is 0 Å². The maximum atomic E-state index is 13.6. The molecule has 33 heavy (non-hydrogen) atoms. The fraction of sp³-hybridized carbons (Fsp3) is 0.320. The van der Waals surface area contributed by atoms with Crippen LogP contribution in [0.25, 0.3) is 0 Å². The first-order chi connectivity index (χ1) is 16.1. The molecule has 170 valence electrons. The first-order valence-electron chi connectivity index (χ1n) is 11.2. The monoisotopic (exact) mass is 464 g/mol. The number of hydrogen-bond donors (Lipinski definition) is 0. The number of ether oxygens (including phenoxy) is 1. The highest BCUT2D eigenvalue weighted by atomic mass is 35.5. The molecule has 7 nitrogen and oxygen atoms in total. The van der Waals surface area contributed by atoms with Gasteiger partial charge in [-0.1, -0.05) is 54.1 Å². The van der Waals surface area contributed by atoms with Gasteiger partial charge in [-0.15, -0.1) is 0 Å². The number of hydrogen-bond acceptors (Lipinski definition) is 5. The summed E-state index contributed by atoms with van der Waals surface area (Å²) in [6.07, 6.45) is 1.14. The van der Waals surface area contributed by atoms with E-state index in [0.717, 1.165) is 29.8 Å². The van der Waals surface area contributed by atoms with Crippen molar-refractivity contribution in [1.82, 2.24) is 14.7 Å². The molecule has 2 amide bonds. The largest absolute Gasteiger partial charge is 0.445 e. The summed E-state index contributed by atoms with van der Waals surface area (Å²) < 4.78 is 5.51. The van der Waals surface area contributed by atoms with Crippen LogP contribution >= 0.6 is 11.6 Å². The summed E-state index contributed by atoms with van der Waals surface area (Å²) in [6.45, 7) is 2.89. The summed E-state index contributed by atoms with van der Waals surface area (Å²) in [4.78, 5) is 36.5. The predicted octanol–water partition coefficient (Wildman–Crippen LogP) is 4.04. The number of rotatable bonds is 4. The molecule has 3 aliphatic heterocycles. The van der Waals surface area contributed by atoms with E-state index >= 15 is 0 Å². The van der Waals surface area contributed by atoms with Crippen LogP contribution in [-0.4, -0.2) is 58.8 Å². The Morgan fingerprint density at radius 1 is 1.03 bits per heavy atom. The zero-order valence-electron chi connectivity index (χ0n) is 18.2. The van der Waals surface area contributed by atoms with Crippen LogP contribution in [0.1, 0.15) is 24.0 Å². The Balaban J connectivity index is 1.35. The van der Waals surface area contributed by atoms with Crippen molar-refractivity contribution in [2.45, 2.75) is 26.0 Å². The molecule has 0 aromatic heterocycles. The Labute approximate surface area is 197 Å². The minimum atomic E-state index is -0.402. The van der Waals surface area contributed by atoms with Crippen LogP contribution in [0.4, 0.5) is 4.79 Å². The molecule has 2 aromatic carbocycles. The molecular formula is C25H25ClN4O3. The standard InChI is InChI=1S/C25H25ClN4O3/c26-20-9-7-18(8-10-20)15-30-23(31)21-16-28(25(32)33-17-19-5-2-1-3-6-19)14-11-22(21)29-13-4-12-27-24(29)30/h1-3,5-10H,4,11-17H2. The van der Waals surface area contributed by atoms with Crippen LogP contribution in [0.5, 0.6) is 0 Å². The second-order valence-corrected chi connectivity index (χ2v) is 8.78. The van der Waals surface area contributed by atoms with Gasteiger partial charge in [-0.25, -0.2) is 4.79 Å². The van der Waals surface area contributed by atoms with Gasteiger partial charge in [0, 0.05) is 36.8 Å². The number of halogens is 1. The molecule has 0 saturated carbocycles. The number of carbonyl (C=O) groups is 2. The van der Waals surface area contributed by atoms with Crippen LogP contribution in [-0.2, 0) is 22.7 Å². The van der Waals surface area contributed by atoms with Crippen molar-refractivity contribution in [3.63, 3.8) is 0 Å². The van der Waals surface area contributed by atoms with Crippen LogP contribution in [0.3, 0.4) is 0 Å². The minimum absolute atomic E-state index is 0.0996. The molecule has 0 spiro atoms. The van der Waals surface area contributed by atoms with Crippen molar-refractivity contribution in [2.75, 3.05) is 26.2 Å². The fourth-order valence-corrected chi connectivity index (χ4v) is 4.58. The zero-order valence-corrected chi connectivity index (χ0v) is 19.0. The minimum Gasteiger partial charge on any atom is -0.445 e. The molecule has 2 aromatic rings. The van der Waals surface area contributed by atoms with Gasteiger partial charge in [-0.2, -0.15) is 0 Å². The van der Waals surface area contributed by atoms with Crippen molar-refractivity contribution < 1.29 is 14.3 Å². The van der Waals surface area contributed by atoms with Crippen molar-refractivity contribution in [3.05, 3.63) is 82.0 Å². The molecule has 0 bridgehead atoms. The first kappa shape index (κ1) is 21.5. The highest BCUT2D eigenvalue weighted by Crippen LogP contribution is 2.32. The Bertz CT molecular complexity index is 1110. The van der Waals surface area contributed by atoms with Crippen LogP contribution in [0, 0.1) is 0 Å². The summed E-state index contributed by atoms with van der Waals surface area (Å²) >= 11 is 6.03. The topological polar surface area (TPSA) is 65.5 Å². The number of amides is 2. The molecule has 3 heterocycles. The Hall–Kier alpha value is -3.32. The normalized spacial score (nSPS) is 18.0. The van der Waals surface area contributed by atoms with Gasteiger partial charge in [-0.05, 0) is 29.7 Å². The molecule has 0 fully saturated rings. The lowest BCUT2D eigenvalue weighted by molar-refractivity contribution is -0.125. The number of guanidine groups is 1. The summed E-state index contributed by atoms with van der Waals surface area (Å²) in [7, 11) is 0. The Morgan fingerprint density at radius 3 is 2.61 bits per heavy atom. The summed E-state index contributed by atoms with van der Waals surface area (Å²) in [5.41, 5.74) is 3.53. The van der Waals surface area contributed by atoms with Crippen molar-refractivity contribution >= 4 is 29.6 Å². The van der Waals surface area contributed by atoms with Gasteiger partial charge in [0.1, 0.15) is 6.61 Å². The molecule has 0 saturated heterocycles. The number of aliphatic imine (C=N–C) groups is 1. The van der Waals surface area contributed by atoms with Crippen LogP contribution < -0.4 is 0 Å². The van der Waals surface area contributed by atoms with Gasteiger partial charge in [0.25, 0.3) is 5.91 Å². The van der Waals surface area contributed by atoms with Gasteiger partial charge in [0.05, 0.1) is 18.7 Å². The number of benzene rings is 2. The van der Waals surface area contributed by atoms with E-state index in [9.17, 15) is 9.59 Å². The molecule has 0 radical (unpaired) electrons. The molecule has 8 heteroatoms. The molecule has 0 N–H and O–H groups in total. The third kappa shape index (κ3) is 4.46. The van der Waals surface area contributed by atoms with Crippen molar-refractivity contribution in [2.24, 2.45) is 4.99 Å². The van der Waals surface area contributed by atoms with E-state index in [0.29, 0.717) is 42.6 Å². The first-order valence-corrected chi connectivity index (χ1v) is 11.5. The average molecular weight is 465 g/mol. The summed E-state index contributed by atoms with van der Waals surface area (Å²) in [5, 5.41) is 0.655. The fourth-order valence-electron chi connectivity index (χ4n) is 4.46. The Morgan fingerprint density at radius 2 is 1.82 bits per heavy atom. The second-order valence-electron chi connectivity index (χ2n) is 8.34. The van der Waals surface area contributed by atoms with E-state index in [2.05, 4.69) is 9.89 Å². The lowest BCUT2D eigenvalue weighted by Gasteiger charge is -2.45. The number of fused-ring (bicyclic) bond motifs is 2. The molecular weight excluding hydrogens is 440 g/mol. The highest BCUT2D eigenvalue weighted by molar-refractivity contribution is 6.30. The van der Waals surface area contributed by atoms with E-state index in [1.165, 1.54) is 0 Å². The van der Waals surface area contributed by atoms with Crippen LogP contribution in [0.2, 0.25) is 5.02 Å². The average Bonchev–Trinajstić information content (AvgIpc) is 2.86. The molecule has 0 atom stereocenters. The quantitative estimate of drug-likeness (QED) is 0.685. The molecule has 0 unspecified atom stereocenters. The van der Waals surface area contributed by atoms with Gasteiger partial charge in [-0.3, -0.25) is 14.7 Å². The molecule has 0 aliphatic carbocycles. The number of carbonyl (C=O) groups excluding carboxylic acids is 2. The molecule has 3 aliphatic rings. The second kappa shape index (κ2) is 9.27. The Kier molecular flexibility index (Phi) is 6.05. The third-order valence-corrected chi connectivity index (χ3v) is 6.39. The maximum absolute atomic E-state index is 13.6. The lowest BCUT2D eigenvalue weighted by atomic mass is 10.00. The summed E-state index contributed by atoms with van der Waals surface area (Å²) in [5.74, 6) is 0.609. The number of nitrogens with zero attached hydrogens (tertiary/aromatic N) is 4. The van der Waals surface area contributed by atoms with Gasteiger partial charge in [0.2, 0.25) is 5.96 Å². The zero-order chi connectivity index (χ0) is 22.8. The smallest absolute Gasteiger partial charge is 0.410 e. The maximum Gasteiger partial charge on any atom is 0.410 e. The van der Waals surface area contributed by atoms with Gasteiger partial charge in [0.15, 0.2) is 0 Å². The van der Waals surface area contributed by atoms with E-state index in [1.807, 2.05) is 54.6 Å². The van der Waals surface area contributed by atoms with E-state index in [4.69, 9.17) is 16.3 Å². The summed E-state index contributed by atoms with van der Waals surface area (Å²) in [6, 6.07) is 17.1.